The lowest BCUT2D eigenvalue weighted by molar-refractivity contribution is 0.102. The predicted molar refractivity (Wildman–Crippen MR) is 145 cm³/mol. The van der Waals surface area contributed by atoms with Crippen LogP contribution < -0.4 is 19.8 Å². The van der Waals surface area contributed by atoms with Crippen LogP contribution in [0.1, 0.15) is 54.6 Å². The molecule has 1 amide bonds. The van der Waals surface area contributed by atoms with E-state index in [0.29, 0.717) is 65.7 Å². The van der Waals surface area contributed by atoms with Crippen LogP contribution in [0.25, 0.3) is 0 Å². The average molecular weight is 547 g/mol. The Hall–Kier alpha value is -2.99. The molecule has 0 atom stereocenters. The van der Waals surface area contributed by atoms with Gasteiger partial charge in [0.2, 0.25) is 16.0 Å². The standard InChI is InChI=1S/C26H35FN6O4S/c1-18-16-23(30-25(28-18)33-10-4-19(27)5-11-33)29-24(35)21-3-2-20(31-38(36,37)15-14-34)17-22(21)32-12-8-26(6-7-26)9-13-32/h2-3,16-17,19,31,34H,4-15H2,1H3,(H,28,29,30,35). The number of piperidine rings is 2. The van der Waals surface area contributed by atoms with Crippen molar-refractivity contribution >= 4 is 39.1 Å². The average Bonchev–Trinajstić information content (AvgIpc) is 3.62. The number of benzene rings is 1. The Morgan fingerprint density at radius 2 is 1.79 bits per heavy atom. The Morgan fingerprint density at radius 3 is 2.45 bits per heavy atom. The van der Waals surface area contributed by atoms with Gasteiger partial charge in [-0.1, -0.05) is 0 Å². The quantitative estimate of drug-likeness (QED) is 0.461. The number of aliphatic hydroxyl groups excluding tert-OH is 1. The molecule has 3 heterocycles. The smallest absolute Gasteiger partial charge is 0.258 e. The number of amides is 1. The van der Waals surface area contributed by atoms with E-state index < -0.39 is 28.6 Å². The van der Waals surface area contributed by atoms with Crippen molar-refractivity contribution in [3.63, 3.8) is 0 Å². The number of hydrogen-bond donors (Lipinski definition) is 3. The lowest BCUT2D eigenvalue weighted by Crippen LogP contribution is -2.36. The molecule has 38 heavy (non-hydrogen) atoms. The molecule has 1 aromatic heterocycles. The molecule has 12 heteroatoms. The van der Waals surface area contributed by atoms with Gasteiger partial charge in [-0.05, 0) is 69.1 Å². The molecule has 1 aliphatic carbocycles. The molecule has 0 bridgehead atoms. The van der Waals surface area contributed by atoms with Crippen LogP contribution in [-0.2, 0) is 10.0 Å². The summed E-state index contributed by atoms with van der Waals surface area (Å²) >= 11 is 0. The van der Waals surface area contributed by atoms with Gasteiger partial charge in [0, 0.05) is 37.9 Å². The predicted octanol–water partition coefficient (Wildman–Crippen LogP) is 3.09. The second-order valence-electron chi connectivity index (χ2n) is 10.7. The summed E-state index contributed by atoms with van der Waals surface area (Å²) < 4.78 is 40.6. The molecule has 1 spiro atoms. The van der Waals surface area contributed by atoms with E-state index in [1.54, 1.807) is 24.3 Å². The molecule has 3 aliphatic rings. The van der Waals surface area contributed by atoms with E-state index >= 15 is 0 Å². The van der Waals surface area contributed by atoms with E-state index in [0.717, 1.165) is 25.9 Å². The summed E-state index contributed by atoms with van der Waals surface area (Å²) in [6, 6.07) is 6.55. The van der Waals surface area contributed by atoms with Crippen LogP contribution in [0.15, 0.2) is 24.3 Å². The molecule has 3 N–H and O–H groups in total. The zero-order valence-electron chi connectivity index (χ0n) is 21.6. The number of alkyl halides is 1. The highest BCUT2D eigenvalue weighted by Gasteiger charge is 2.44. The number of carbonyl (C=O) groups excluding carboxylic acids is 1. The summed E-state index contributed by atoms with van der Waals surface area (Å²) in [6.45, 7) is 3.95. The molecule has 2 saturated heterocycles. The molecule has 2 aromatic rings. The summed E-state index contributed by atoms with van der Waals surface area (Å²) in [4.78, 5) is 26.6. The van der Waals surface area contributed by atoms with Gasteiger partial charge < -0.3 is 20.2 Å². The van der Waals surface area contributed by atoms with Gasteiger partial charge in [-0.15, -0.1) is 0 Å². The van der Waals surface area contributed by atoms with Gasteiger partial charge >= 0.3 is 0 Å². The van der Waals surface area contributed by atoms with Crippen LogP contribution in [0.4, 0.5) is 27.5 Å². The first-order chi connectivity index (χ1) is 18.2. The molecule has 2 aliphatic heterocycles. The first-order valence-corrected chi connectivity index (χ1v) is 14.9. The van der Waals surface area contributed by atoms with Crippen LogP contribution in [-0.4, -0.2) is 74.1 Å². The fourth-order valence-corrected chi connectivity index (χ4v) is 6.12. The third kappa shape index (κ3) is 6.17. The van der Waals surface area contributed by atoms with Crippen molar-refractivity contribution in [1.82, 2.24) is 9.97 Å². The Kier molecular flexibility index (Phi) is 7.45. The zero-order valence-corrected chi connectivity index (χ0v) is 22.4. The molecule has 10 nitrogen and oxygen atoms in total. The first kappa shape index (κ1) is 26.6. The van der Waals surface area contributed by atoms with Crippen molar-refractivity contribution in [2.45, 2.75) is 51.6 Å². The number of aromatic nitrogens is 2. The maximum atomic E-state index is 13.6. The minimum atomic E-state index is -3.71. The van der Waals surface area contributed by atoms with E-state index in [9.17, 15) is 17.6 Å². The number of aliphatic hydroxyl groups is 1. The number of hydrogen-bond acceptors (Lipinski definition) is 8. The number of nitrogens with one attached hydrogen (secondary N) is 2. The van der Waals surface area contributed by atoms with Crippen LogP contribution in [0.3, 0.4) is 0 Å². The van der Waals surface area contributed by atoms with E-state index in [4.69, 9.17) is 5.11 Å². The minimum absolute atomic E-state index is 0.341. The molecule has 1 saturated carbocycles. The largest absolute Gasteiger partial charge is 0.395 e. The van der Waals surface area contributed by atoms with Crippen molar-refractivity contribution < 1.29 is 22.7 Å². The number of carbonyl (C=O) groups is 1. The second-order valence-corrected chi connectivity index (χ2v) is 12.5. The Labute approximate surface area is 222 Å². The third-order valence-corrected chi connectivity index (χ3v) is 9.06. The van der Waals surface area contributed by atoms with Crippen molar-refractivity contribution in [1.29, 1.82) is 0 Å². The highest BCUT2D eigenvalue weighted by molar-refractivity contribution is 7.92. The number of rotatable bonds is 8. The van der Waals surface area contributed by atoms with E-state index in [1.165, 1.54) is 12.8 Å². The number of halogens is 1. The first-order valence-electron chi connectivity index (χ1n) is 13.2. The highest BCUT2D eigenvalue weighted by atomic mass is 32.2. The van der Waals surface area contributed by atoms with Gasteiger partial charge in [-0.25, -0.2) is 17.8 Å². The monoisotopic (exact) mass is 546 g/mol. The third-order valence-electron chi connectivity index (χ3n) is 7.79. The number of sulfonamides is 1. The van der Waals surface area contributed by atoms with Crippen LogP contribution in [0, 0.1) is 12.3 Å². The minimum Gasteiger partial charge on any atom is -0.395 e. The van der Waals surface area contributed by atoms with Crippen molar-refractivity contribution in [2.24, 2.45) is 5.41 Å². The topological polar surface area (TPSA) is 128 Å². The molecule has 3 fully saturated rings. The van der Waals surface area contributed by atoms with Crippen LogP contribution in [0.2, 0.25) is 0 Å². The lowest BCUT2D eigenvalue weighted by Gasteiger charge is -2.35. The van der Waals surface area contributed by atoms with Gasteiger partial charge in [0.25, 0.3) is 5.91 Å². The number of nitrogens with zero attached hydrogens (tertiary/aromatic N) is 4. The van der Waals surface area contributed by atoms with Gasteiger partial charge in [-0.2, -0.15) is 4.98 Å². The summed E-state index contributed by atoms with van der Waals surface area (Å²) in [6.07, 6.45) is 4.61. The van der Waals surface area contributed by atoms with Crippen molar-refractivity contribution in [2.75, 3.05) is 58.4 Å². The molecule has 206 valence electrons. The second kappa shape index (κ2) is 10.6. The van der Waals surface area contributed by atoms with E-state index in [1.807, 2.05) is 11.8 Å². The summed E-state index contributed by atoms with van der Waals surface area (Å²) in [5, 5.41) is 12.0. The Morgan fingerprint density at radius 1 is 1.08 bits per heavy atom. The Bertz CT molecular complexity index is 1280. The fourth-order valence-electron chi connectivity index (χ4n) is 5.29. The summed E-state index contributed by atoms with van der Waals surface area (Å²) in [5.41, 5.74) is 2.53. The van der Waals surface area contributed by atoms with Gasteiger partial charge in [-0.3, -0.25) is 9.52 Å². The van der Waals surface area contributed by atoms with E-state index in [2.05, 4.69) is 24.9 Å². The normalized spacial score (nSPS) is 19.4. The van der Waals surface area contributed by atoms with Crippen LogP contribution >= 0.6 is 0 Å². The van der Waals surface area contributed by atoms with Crippen molar-refractivity contribution in [3.05, 3.63) is 35.5 Å². The fraction of sp³-hybridized carbons (Fsp3) is 0.577. The van der Waals surface area contributed by atoms with E-state index in [-0.39, 0.29) is 5.91 Å². The van der Waals surface area contributed by atoms with Gasteiger partial charge in [0.05, 0.1) is 29.3 Å². The molecule has 1 aromatic carbocycles. The van der Waals surface area contributed by atoms with Gasteiger partial charge in [0.1, 0.15) is 12.0 Å². The SMILES string of the molecule is Cc1cc(NC(=O)c2ccc(NS(=O)(=O)CCO)cc2N2CCC3(CC2)CC3)nc(N2CCC(F)CC2)n1. The summed E-state index contributed by atoms with van der Waals surface area (Å²) in [7, 11) is -3.71. The zero-order chi connectivity index (χ0) is 26.9. The number of aryl methyl sites for hydroxylation is 1. The highest BCUT2D eigenvalue weighted by Crippen LogP contribution is 2.54. The Balaban J connectivity index is 1.39. The molecular formula is C26H35FN6O4S. The van der Waals surface area contributed by atoms with Crippen LogP contribution in [0.5, 0.6) is 0 Å². The maximum Gasteiger partial charge on any atom is 0.258 e. The lowest BCUT2D eigenvalue weighted by atomic mass is 9.93. The molecular weight excluding hydrogens is 511 g/mol. The molecule has 5 rings (SSSR count). The maximum absolute atomic E-state index is 13.6. The van der Waals surface area contributed by atoms with Crippen molar-refractivity contribution in [3.8, 4) is 0 Å². The van der Waals surface area contributed by atoms with Gasteiger partial charge in [0.15, 0.2) is 0 Å². The molecule has 0 radical (unpaired) electrons. The summed E-state index contributed by atoms with van der Waals surface area (Å²) in [5.74, 6) is 0.0544. The molecule has 0 unspecified atom stereocenters. The number of anilines is 4.